The summed E-state index contributed by atoms with van der Waals surface area (Å²) in [6, 6.07) is 5.99. The van der Waals surface area contributed by atoms with E-state index < -0.39 is 0 Å². The minimum Gasteiger partial charge on any atom is -0.501 e. The van der Waals surface area contributed by atoms with Gasteiger partial charge in [0, 0.05) is 5.56 Å². The Labute approximate surface area is 120 Å². The minimum atomic E-state index is 0.102. The monoisotopic (exact) mass is 277 g/mol. The maximum absolute atomic E-state index is 5.50. The van der Waals surface area contributed by atoms with Crippen LogP contribution in [-0.4, -0.2) is 27.4 Å². The van der Waals surface area contributed by atoms with E-state index in [1.807, 2.05) is 24.5 Å². The van der Waals surface area contributed by atoms with Crippen LogP contribution in [0.25, 0.3) is 0 Å². The van der Waals surface area contributed by atoms with Gasteiger partial charge in [0.15, 0.2) is 0 Å². The number of hydrogen-bond donors (Lipinski definition) is 1. The molecule has 1 aliphatic heterocycles. The van der Waals surface area contributed by atoms with Gasteiger partial charge in [-0.05, 0) is 43.2 Å². The van der Waals surface area contributed by atoms with Gasteiger partial charge in [0.2, 0.25) is 0 Å². The van der Waals surface area contributed by atoms with Crippen molar-refractivity contribution in [1.29, 1.82) is 0 Å². The van der Waals surface area contributed by atoms with Gasteiger partial charge < -0.3 is 19.5 Å². The molecular formula is C16H23NO3. The lowest BCUT2D eigenvalue weighted by Crippen LogP contribution is -2.25. The second-order valence-electron chi connectivity index (χ2n) is 4.77. The summed E-state index contributed by atoms with van der Waals surface area (Å²) in [5.41, 5.74) is 2.34. The van der Waals surface area contributed by atoms with E-state index in [4.69, 9.17) is 14.2 Å². The third-order valence-electron chi connectivity index (χ3n) is 3.49. The first-order valence-electron chi connectivity index (χ1n) is 7.06. The van der Waals surface area contributed by atoms with E-state index in [0.717, 1.165) is 43.1 Å². The predicted molar refractivity (Wildman–Crippen MR) is 79.2 cm³/mol. The van der Waals surface area contributed by atoms with E-state index in [1.165, 1.54) is 5.57 Å². The molecule has 1 aromatic rings. The highest BCUT2D eigenvalue weighted by atomic mass is 16.5. The molecule has 1 aliphatic rings. The minimum absolute atomic E-state index is 0.102. The van der Waals surface area contributed by atoms with E-state index >= 15 is 0 Å². The Kier molecular flexibility index (Phi) is 5.30. The van der Waals surface area contributed by atoms with Crippen LogP contribution in [-0.2, 0) is 4.74 Å². The van der Waals surface area contributed by atoms with Crippen molar-refractivity contribution in [3.63, 3.8) is 0 Å². The maximum Gasteiger partial charge on any atom is 0.124 e. The molecule has 20 heavy (non-hydrogen) atoms. The number of hydrogen-bond acceptors (Lipinski definition) is 4. The Morgan fingerprint density at radius 3 is 2.75 bits per heavy atom. The van der Waals surface area contributed by atoms with Crippen LogP contribution in [0.2, 0.25) is 0 Å². The first-order chi connectivity index (χ1) is 9.80. The number of ether oxygens (including phenoxy) is 3. The summed E-state index contributed by atoms with van der Waals surface area (Å²) in [4.78, 5) is 0. The van der Waals surface area contributed by atoms with Gasteiger partial charge in [0.05, 0.1) is 33.1 Å². The van der Waals surface area contributed by atoms with E-state index in [2.05, 4.69) is 12.2 Å². The van der Waals surface area contributed by atoms with Crippen LogP contribution in [0.3, 0.4) is 0 Å². The summed E-state index contributed by atoms with van der Waals surface area (Å²) < 4.78 is 16.3. The van der Waals surface area contributed by atoms with E-state index in [9.17, 15) is 0 Å². The number of benzene rings is 1. The molecule has 1 atom stereocenters. The van der Waals surface area contributed by atoms with Gasteiger partial charge in [0.1, 0.15) is 11.5 Å². The molecular weight excluding hydrogens is 254 g/mol. The Hall–Kier alpha value is -1.68. The van der Waals surface area contributed by atoms with Crippen molar-refractivity contribution < 1.29 is 14.2 Å². The first-order valence-corrected chi connectivity index (χ1v) is 7.06. The van der Waals surface area contributed by atoms with Crippen molar-refractivity contribution >= 4 is 0 Å². The molecule has 0 aliphatic carbocycles. The molecule has 0 aromatic heterocycles. The second kappa shape index (κ2) is 7.20. The lowest BCUT2D eigenvalue weighted by molar-refractivity contribution is 0.219. The molecule has 1 aromatic carbocycles. The lowest BCUT2D eigenvalue weighted by atomic mass is 9.94. The van der Waals surface area contributed by atoms with Gasteiger partial charge in [-0.25, -0.2) is 0 Å². The topological polar surface area (TPSA) is 39.7 Å². The number of nitrogens with one attached hydrogen (secondary N) is 1. The molecule has 0 bridgehead atoms. The van der Waals surface area contributed by atoms with Gasteiger partial charge in [-0.2, -0.15) is 0 Å². The van der Waals surface area contributed by atoms with Crippen LogP contribution in [0.5, 0.6) is 11.5 Å². The van der Waals surface area contributed by atoms with E-state index in [-0.39, 0.29) is 6.04 Å². The van der Waals surface area contributed by atoms with Gasteiger partial charge in [-0.15, -0.1) is 0 Å². The summed E-state index contributed by atoms with van der Waals surface area (Å²) in [5, 5.41) is 3.51. The molecule has 0 radical (unpaired) electrons. The fourth-order valence-corrected chi connectivity index (χ4v) is 2.51. The summed E-state index contributed by atoms with van der Waals surface area (Å²) in [5.74, 6) is 1.70. The molecule has 0 spiro atoms. The van der Waals surface area contributed by atoms with Crippen LogP contribution < -0.4 is 14.8 Å². The summed E-state index contributed by atoms with van der Waals surface area (Å²) >= 11 is 0. The molecule has 0 fully saturated rings. The van der Waals surface area contributed by atoms with Crippen LogP contribution in [0, 0.1) is 0 Å². The molecule has 110 valence electrons. The van der Waals surface area contributed by atoms with E-state index in [1.54, 1.807) is 14.2 Å². The molecule has 0 amide bonds. The molecule has 4 nitrogen and oxygen atoms in total. The highest BCUT2D eigenvalue weighted by Crippen LogP contribution is 2.35. The zero-order chi connectivity index (χ0) is 14.4. The van der Waals surface area contributed by atoms with E-state index in [0.29, 0.717) is 0 Å². The summed E-state index contributed by atoms with van der Waals surface area (Å²) in [7, 11) is 3.37. The van der Waals surface area contributed by atoms with Crippen molar-refractivity contribution in [2.45, 2.75) is 25.8 Å². The zero-order valence-electron chi connectivity index (χ0n) is 12.4. The van der Waals surface area contributed by atoms with Crippen LogP contribution >= 0.6 is 0 Å². The molecule has 1 unspecified atom stereocenters. The molecule has 4 heteroatoms. The molecule has 2 rings (SSSR count). The van der Waals surface area contributed by atoms with Gasteiger partial charge in [-0.3, -0.25) is 0 Å². The Bertz CT molecular complexity index is 471. The van der Waals surface area contributed by atoms with Gasteiger partial charge in [-0.1, -0.05) is 6.92 Å². The Morgan fingerprint density at radius 2 is 2.15 bits per heavy atom. The standard InChI is InChI=1S/C16H23NO3/c1-4-17-16(12-6-5-9-20-11-12)14-10-13(18-2)7-8-15(14)19-3/h7-8,10-11,16-17H,4-6,9H2,1-3H3. The van der Waals surface area contributed by atoms with Crippen molar-refractivity contribution in [2.75, 3.05) is 27.4 Å². The van der Waals surface area contributed by atoms with Crippen molar-refractivity contribution in [3.05, 3.63) is 35.6 Å². The number of methoxy groups -OCH3 is 2. The van der Waals surface area contributed by atoms with Crippen LogP contribution in [0.1, 0.15) is 31.4 Å². The van der Waals surface area contributed by atoms with Crippen LogP contribution in [0.15, 0.2) is 30.0 Å². The van der Waals surface area contributed by atoms with Crippen molar-refractivity contribution in [2.24, 2.45) is 0 Å². The molecule has 0 saturated heterocycles. The van der Waals surface area contributed by atoms with Gasteiger partial charge >= 0.3 is 0 Å². The fraction of sp³-hybridized carbons (Fsp3) is 0.500. The largest absolute Gasteiger partial charge is 0.501 e. The van der Waals surface area contributed by atoms with Crippen molar-refractivity contribution in [1.82, 2.24) is 5.32 Å². The predicted octanol–water partition coefficient (Wildman–Crippen LogP) is 3.05. The van der Waals surface area contributed by atoms with Crippen molar-refractivity contribution in [3.8, 4) is 11.5 Å². The third kappa shape index (κ3) is 3.25. The number of rotatable bonds is 6. The molecule has 1 N–H and O–H groups in total. The Morgan fingerprint density at radius 1 is 1.30 bits per heavy atom. The maximum atomic E-state index is 5.50. The lowest BCUT2D eigenvalue weighted by Gasteiger charge is -2.26. The summed E-state index contributed by atoms with van der Waals surface area (Å²) in [6.07, 6.45) is 3.98. The SMILES string of the molecule is CCNC(C1=COCCC1)c1cc(OC)ccc1OC. The highest BCUT2D eigenvalue weighted by molar-refractivity contribution is 5.45. The zero-order valence-corrected chi connectivity index (χ0v) is 12.4. The number of likely N-dealkylation sites (N-methyl/N-ethyl adjacent to an activating group) is 1. The fourth-order valence-electron chi connectivity index (χ4n) is 2.51. The first kappa shape index (κ1) is 14.7. The average molecular weight is 277 g/mol. The second-order valence-corrected chi connectivity index (χ2v) is 4.77. The molecule has 1 heterocycles. The van der Waals surface area contributed by atoms with Crippen LogP contribution in [0.4, 0.5) is 0 Å². The highest BCUT2D eigenvalue weighted by Gasteiger charge is 2.22. The smallest absolute Gasteiger partial charge is 0.124 e. The third-order valence-corrected chi connectivity index (χ3v) is 3.49. The average Bonchev–Trinajstić information content (AvgIpc) is 2.53. The van der Waals surface area contributed by atoms with Gasteiger partial charge in [0.25, 0.3) is 0 Å². The molecule has 0 saturated carbocycles. The quantitative estimate of drug-likeness (QED) is 0.867. The summed E-state index contributed by atoms with van der Waals surface area (Å²) in [6.45, 7) is 3.78. The Balaban J connectivity index is 2.39. The normalized spacial score (nSPS) is 16.1.